The molecular weight excluding hydrogens is 261 g/mol. The van der Waals surface area contributed by atoms with Gasteiger partial charge in [-0.2, -0.15) is 13.2 Å². The Morgan fingerprint density at radius 1 is 1.47 bits per heavy atom. The second-order valence-electron chi connectivity index (χ2n) is 4.24. The number of alkyl halides is 3. The Labute approximate surface area is 108 Å². The second-order valence-corrected chi connectivity index (χ2v) is 4.24. The average Bonchev–Trinajstić information content (AvgIpc) is 2.27. The summed E-state index contributed by atoms with van der Waals surface area (Å²) in [5.41, 5.74) is -0.777. The van der Waals surface area contributed by atoms with Crippen molar-refractivity contribution in [1.29, 1.82) is 0 Å². The smallest absolute Gasteiger partial charge is 0.392 e. The van der Waals surface area contributed by atoms with Crippen molar-refractivity contribution in [1.82, 2.24) is 4.90 Å². The van der Waals surface area contributed by atoms with Crippen LogP contribution in [0.4, 0.5) is 23.7 Å². The zero-order chi connectivity index (χ0) is 14.6. The lowest BCUT2D eigenvalue weighted by molar-refractivity contribution is -0.137. The first-order chi connectivity index (χ1) is 8.70. The third kappa shape index (κ3) is 4.78. The van der Waals surface area contributed by atoms with Crippen LogP contribution in [0.2, 0.25) is 0 Å². The van der Waals surface area contributed by atoms with Gasteiger partial charge in [0.1, 0.15) is 0 Å². The number of aliphatic hydroxyl groups is 1. The summed E-state index contributed by atoms with van der Waals surface area (Å²) in [5.74, 6) is 0. The van der Waals surface area contributed by atoms with Crippen LogP contribution < -0.4 is 5.32 Å². The van der Waals surface area contributed by atoms with Crippen molar-refractivity contribution in [2.24, 2.45) is 0 Å². The van der Waals surface area contributed by atoms with Crippen molar-refractivity contribution in [2.75, 3.05) is 18.9 Å². The predicted molar refractivity (Wildman–Crippen MR) is 64.8 cm³/mol. The number of aliphatic hydroxyl groups excluding tert-OH is 1. The summed E-state index contributed by atoms with van der Waals surface area (Å²) in [5, 5.41) is 11.5. The van der Waals surface area contributed by atoms with Crippen LogP contribution in [0.25, 0.3) is 0 Å². The molecule has 2 N–H and O–H groups in total. The molecule has 0 saturated carbocycles. The summed E-state index contributed by atoms with van der Waals surface area (Å²) < 4.78 is 37.4. The molecular formula is C12H15F3N2O2. The van der Waals surface area contributed by atoms with E-state index in [0.29, 0.717) is 0 Å². The summed E-state index contributed by atoms with van der Waals surface area (Å²) in [6.45, 7) is 1.60. The van der Waals surface area contributed by atoms with Gasteiger partial charge in [0.2, 0.25) is 0 Å². The van der Waals surface area contributed by atoms with Gasteiger partial charge in [0, 0.05) is 19.3 Å². The molecule has 0 aliphatic carbocycles. The maximum atomic E-state index is 12.5. The first-order valence-electron chi connectivity index (χ1n) is 5.57. The van der Waals surface area contributed by atoms with E-state index in [9.17, 15) is 18.0 Å². The number of anilines is 1. The number of nitrogens with zero attached hydrogens (tertiary/aromatic N) is 1. The van der Waals surface area contributed by atoms with Gasteiger partial charge in [0.25, 0.3) is 0 Å². The number of carbonyl (C=O) groups excluding carboxylic acids is 1. The standard InChI is InChI=1S/C12H15F3N2O2/c1-8(18)7-17(2)11(19)16-10-5-3-4-9(6-10)12(13,14)15/h3-6,8,18H,7H2,1-2H3,(H,16,19). The van der Waals surface area contributed by atoms with E-state index in [0.717, 1.165) is 12.1 Å². The molecule has 4 nitrogen and oxygen atoms in total. The third-order valence-corrected chi connectivity index (χ3v) is 2.33. The number of hydrogen-bond donors (Lipinski definition) is 2. The molecule has 7 heteroatoms. The zero-order valence-electron chi connectivity index (χ0n) is 10.5. The Bertz CT molecular complexity index is 447. The van der Waals surface area contributed by atoms with Crippen LogP contribution >= 0.6 is 0 Å². The first kappa shape index (κ1) is 15.3. The molecule has 0 spiro atoms. The highest BCUT2D eigenvalue weighted by atomic mass is 19.4. The molecule has 0 heterocycles. The lowest BCUT2D eigenvalue weighted by atomic mass is 10.2. The van der Waals surface area contributed by atoms with Crippen molar-refractivity contribution >= 4 is 11.7 Å². The van der Waals surface area contributed by atoms with Gasteiger partial charge in [-0.3, -0.25) is 0 Å². The number of nitrogens with one attached hydrogen (secondary N) is 1. The molecule has 106 valence electrons. The van der Waals surface area contributed by atoms with Crippen molar-refractivity contribution in [3.63, 3.8) is 0 Å². The molecule has 2 amide bonds. The first-order valence-corrected chi connectivity index (χ1v) is 5.57. The molecule has 1 aromatic carbocycles. The third-order valence-electron chi connectivity index (χ3n) is 2.33. The van der Waals surface area contributed by atoms with E-state index in [1.807, 2.05) is 0 Å². The monoisotopic (exact) mass is 276 g/mol. The maximum Gasteiger partial charge on any atom is 0.416 e. The molecule has 1 aromatic rings. The van der Waals surface area contributed by atoms with Crippen LogP contribution in [-0.2, 0) is 6.18 Å². The van der Waals surface area contributed by atoms with E-state index >= 15 is 0 Å². The molecule has 0 radical (unpaired) electrons. The fourth-order valence-corrected chi connectivity index (χ4v) is 1.47. The molecule has 19 heavy (non-hydrogen) atoms. The van der Waals surface area contributed by atoms with Crippen LogP contribution in [0.5, 0.6) is 0 Å². The SMILES string of the molecule is CC(O)CN(C)C(=O)Nc1cccc(C(F)(F)F)c1. The summed E-state index contributed by atoms with van der Waals surface area (Å²) in [6, 6.07) is 3.78. The fourth-order valence-electron chi connectivity index (χ4n) is 1.47. The van der Waals surface area contributed by atoms with Crippen LogP contribution in [0.3, 0.4) is 0 Å². The number of hydrogen-bond acceptors (Lipinski definition) is 2. The molecule has 1 unspecified atom stereocenters. The van der Waals surface area contributed by atoms with Crippen molar-refractivity contribution in [3.05, 3.63) is 29.8 Å². The van der Waals surface area contributed by atoms with Crippen molar-refractivity contribution in [2.45, 2.75) is 19.2 Å². The fraction of sp³-hybridized carbons (Fsp3) is 0.417. The van der Waals surface area contributed by atoms with Crippen LogP contribution in [0, 0.1) is 0 Å². The van der Waals surface area contributed by atoms with Gasteiger partial charge in [-0.1, -0.05) is 6.07 Å². The molecule has 0 saturated heterocycles. The lowest BCUT2D eigenvalue weighted by Gasteiger charge is -2.19. The Morgan fingerprint density at radius 2 is 2.11 bits per heavy atom. The van der Waals surface area contributed by atoms with E-state index in [1.54, 1.807) is 0 Å². The van der Waals surface area contributed by atoms with Gasteiger partial charge < -0.3 is 15.3 Å². The maximum absolute atomic E-state index is 12.5. The number of halogens is 3. The lowest BCUT2D eigenvalue weighted by Crippen LogP contribution is -2.36. The number of carbonyl (C=O) groups is 1. The van der Waals surface area contributed by atoms with Gasteiger partial charge in [0.15, 0.2) is 0 Å². The number of urea groups is 1. The Morgan fingerprint density at radius 3 is 2.63 bits per heavy atom. The highest BCUT2D eigenvalue weighted by Crippen LogP contribution is 2.30. The highest BCUT2D eigenvalue weighted by Gasteiger charge is 2.30. The van der Waals surface area contributed by atoms with Gasteiger partial charge in [-0.15, -0.1) is 0 Å². The molecule has 0 aromatic heterocycles. The van der Waals surface area contributed by atoms with E-state index in [-0.39, 0.29) is 12.2 Å². The largest absolute Gasteiger partial charge is 0.416 e. The molecule has 0 aliphatic rings. The van der Waals surface area contributed by atoms with E-state index in [1.165, 1.54) is 31.0 Å². The predicted octanol–water partition coefficient (Wildman–Crippen LogP) is 2.55. The summed E-state index contributed by atoms with van der Waals surface area (Å²) >= 11 is 0. The molecule has 1 rings (SSSR count). The van der Waals surface area contributed by atoms with Crippen molar-refractivity contribution < 1.29 is 23.1 Å². The molecule has 0 bridgehead atoms. The van der Waals surface area contributed by atoms with Crippen molar-refractivity contribution in [3.8, 4) is 0 Å². The molecule has 0 fully saturated rings. The number of likely N-dealkylation sites (N-methyl/N-ethyl adjacent to an activating group) is 1. The Kier molecular flexibility index (Phi) is 4.77. The second kappa shape index (κ2) is 5.92. The summed E-state index contributed by atoms with van der Waals surface area (Å²) in [4.78, 5) is 12.8. The van der Waals surface area contributed by atoms with E-state index in [2.05, 4.69) is 5.32 Å². The molecule has 0 aliphatic heterocycles. The van der Waals surface area contributed by atoms with Crippen LogP contribution in [-0.4, -0.2) is 35.7 Å². The summed E-state index contributed by atoms with van der Waals surface area (Å²) in [6.07, 6.45) is -5.16. The van der Waals surface area contributed by atoms with Gasteiger partial charge >= 0.3 is 12.2 Å². The minimum atomic E-state index is -4.45. The Balaban J connectivity index is 2.75. The van der Waals surface area contributed by atoms with Gasteiger partial charge in [-0.05, 0) is 25.1 Å². The van der Waals surface area contributed by atoms with Gasteiger partial charge in [0.05, 0.1) is 11.7 Å². The number of rotatable bonds is 3. The Hall–Kier alpha value is -1.76. The average molecular weight is 276 g/mol. The highest BCUT2D eigenvalue weighted by molar-refractivity contribution is 5.89. The zero-order valence-corrected chi connectivity index (χ0v) is 10.5. The van der Waals surface area contributed by atoms with E-state index < -0.39 is 23.9 Å². The normalized spacial score (nSPS) is 12.9. The minimum absolute atomic E-state index is 0.0530. The van der Waals surface area contributed by atoms with E-state index in [4.69, 9.17) is 5.11 Å². The quantitative estimate of drug-likeness (QED) is 0.891. The minimum Gasteiger partial charge on any atom is -0.392 e. The molecule has 1 atom stereocenters. The number of amides is 2. The van der Waals surface area contributed by atoms with Crippen LogP contribution in [0.1, 0.15) is 12.5 Å². The summed E-state index contributed by atoms with van der Waals surface area (Å²) in [7, 11) is 1.44. The van der Waals surface area contributed by atoms with Crippen LogP contribution in [0.15, 0.2) is 24.3 Å². The van der Waals surface area contributed by atoms with Gasteiger partial charge in [-0.25, -0.2) is 4.79 Å². The number of benzene rings is 1. The topological polar surface area (TPSA) is 52.6 Å².